The number of aliphatic carboxylic acids is 1. The molecule has 1 N–H and O–H groups in total. The van der Waals surface area contributed by atoms with Crippen molar-refractivity contribution in [1.29, 1.82) is 0 Å². The molecule has 5 nitrogen and oxygen atoms in total. The Morgan fingerprint density at radius 1 is 1.25 bits per heavy atom. The van der Waals surface area contributed by atoms with E-state index in [-0.39, 0.29) is 11.7 Å². The summed E-state index contributed by atoms with van der Waals surface area (Å²) in [6, 6.07) is 8.28. The van der Waals surface area contributed by atoms with Crippen LogP contribution in [0, 0.1) is 0 Å². The monoisotopic (exact) mass is 273 g/mol. The molecule has 2 heterocycles. The SMILES string of the molecule is O=C(O)[C@@H]1CCCCN1C(=O)c1cc2ccccc2o1. The molecule has 2 aromatic rings. The Morgan fingerprint density at radius 3 is 2.80 bits per heavy atom. The second kappa shape index (κ2) is 5.00. The van der Waals surface area contributed by atoms with Crippen LogP contribution in [0.3, 0.4) is 0 Å². The first-order valence-electron chi connectivity index (χ1n) is 6.69. The first-order chi connectivity index (χ1) is 9.66. The molecular formula is C15H15NO4. The van der Waals surface area contributed by atoms with Crippen LogP contribution < -0.4 is 0 Å². The fraction of sp³-hybridized carbons (Fsp3) is 0.333. The minimum atomic E-state index is -0.950. The summed E-state index contributed by atoms with van der Waals surface area (Å²) in [7, 11) is 0. The number of amides is 1. The predicted molar refractivity (Wildman–Crippen MR) is 72.5 cm³/mol. The Hall–Kier alpha value is -2.30. The van der Waals surface area contributed by atoms with E-state index in [4.69, 9.17) is 4.42 Å². The number of para-hydroxylation sites is 1. The largest absolute Gasteiger partial charge is 0.480 e. The molecule has 1 aliphatic heterocycles. The van der Waals surface area contributed by atoms with Gasteiger partial charge in [0.05, 0.1) is 0 Å². The third-order valence-corrected chi connectivity index (χ3v) is 3.69. The van der Waals surface area contributed by atoms with Gasteiger partial charge in [0.25, 0.3) is 5.91 Å². The molecule has 5 heteroatoms. The summed E-state index contributed by atoms with van der Waals surface area (Å²) in [5.41, 5.74) is 0.639. The van der Waals surface area contributed by atoms with Crippen LogP contribution in [0.4, 0.5) is 0 Å². The van der Waals surface area contributed by atoms with Gasteiger partial charge in [-0.25, -0.2) is 4.79 Å². The molecule has 1 aromatic heterocycles. The van der Waals surface area contributed by atoms with Gasteiger partial charge >= 0.3 is 5.97 Å². The van der Waals surface area contributed by atoms with E-state index in [0.29, 0.717) is 18.5 Å². The number of carbonyl (C=O) groups excluding carboxylic acids is 1. The maximum absolute atomic E-state index is 12.5. The number of piperidine rings is 1. The van der Waals surface area contributed by atoms with Gasteiger partial charge in [-0.3, -0.25) is 4.79 Å². The molecule has 104 valence electrons. The normalized spacial score (nSPS) is 19.2. The van der Waals surface area contributed by atoms with E-state index >= 15 is 0 Å². The quantitative estimate of drug-likeness (QED) is 0.912. The third kappa shape index (κ3) is 2.15. The van der Waals surface area contributed by atoms with Crippen molar-refractivity contribution in [3.63, 3.8) is 0 Å². The van der Waals surface area contributed by atoms with Crippen molar-refractivity contribution >= 4 is 22.8 Å². The highest BCUT2D eigenvalue weighted by Gasteiger charge is 2.33. The van der Waals surface area contributed by atoms with Gasteiger partial charge in [0.1, 0.15) is 11.6 Å². The second-order valence-corrected chi connectivity index (χ2v) is 5.00. The topological polar surface area (TPSA) is 70.8 Å². The number of hydrogen-bond acceptors (Lipinski definition) is 3. The molecule has 1 amide bonds. The molecule has 1 aromatic carbocycles. The highest BCUT2D eigenvalue weighted by Crippen LogP contribution is 2.24. The van der Waals surface area contributed by atoms with Crippen LogP contribution in [0.5, 0.6) is 0 Å². The number of benzene rings is 1. The van der Waals surface area contributed by atoms with E-state index in [2.05, 4.69) is 0 Å². The van der Waals surface area contributed by atoms with Crippen molar-refractivity contribution in [2.45, 2.75) is 25.3 Å². The zero-order valence-electron chi connectivity index (χ0n) is 10.9. The van der Waals surface area contributed by atoms with Gasteiger partial charge in [-0.1, -0.05) is 18.2 Å². The highest BCUT2D eigenvalue weighted by molar-refractivity contribution is 5.98. The lowest BCUT2D eigenvalue weighted by Gasteiger charge is -2.32. The van der Waals surface area contributed by atoms with Crippen LogP contribution in [0.1, 0.15) is 29.8 Å². The number of carboxylic acid groups (broad SMARTS) is 1. The number of carbonyl (C=O) groups is 2. The summed E-state index contributed by atoms with van der Waals surface area (Å²) < 4.78 is 5.53. The first-order valence-corrected chi connectivity index (χ1v) is 6.69. The molecule has 1 fully saturated rings. The number of furan rings is 1. The zero-order valence-corrected chi connectivity index (χ0v) is 10.9. The van der Waals surface area contributed by atoms with Gasteiger partial charge in [-0.05, 0) is 31.4 Å². The van der Waals surface area contributed by atoms with E-state index in [1.54, 1.807) is 12.1 Å². The average molecular weight is 273 g/mol. The molecule has 1 atom stereocenters. The highest BCUT2D eigenvalue weighted by atomic mass is 16.4. The number of carboxylic acids is 1. The summed E-state index contributed by atoms with van der Waals surface area (Å²) in [6.07, 6.45) is 2.16. The van der Waals surface area contributed by atoms with Crippen LogP contribution in [0.25, 0.3) is 11.0 Å². The lowest BCUT2D eigenvalue weighted by Crippen LogP contribution is -2.47. The van der Waals surface area contributed by atoms with E-state index in [1.807, 2.05) is 18.2 Å². The van der Waals surface area contributed by atoms with Gasteiger partial charge in [0, 0.05) is 11.9 Å². The Kier molecular flexibility index (Phi) is 3.18. The molecule has 0 saturated carbocycles. The smallest absolute Gasteiger partial charge is 0.326 e. The van der Waals surface area contributed by atoms with Gasteiger partial charge in [0.15, 0.2) is 5.76 Å². The summed E-state index contributed by atoms with van der Waals surface area (Å²) in [5, 5.41) is 10.1. The van der Waals surface area contributed by atoms with Gasteiger partial charge in [0.2, 0.25) is 0 Å². The van der Waals surface area contributed by atoms with Crippen molar-refractivity contribution in [2.24, 2.45) is 0 Å². The predicted octanol–water partition coefficient (Wildman–Crippen LogP) is 2.51. The fourth-order valence-electron chi connectivity index (χ4n) is 2.66. The van der Waals surface area contributed by atoms with Crippen molar-refractivity contribution in [3.05, 3.63) is 36.1 Å². The van der Waals surface area contributed by atoms with E-state index < -0.39 is 12.0 Å². The lowest BCUT2D eigenvalue weighted by atomic mass is 10.0. The Labute approximate surface area is 115 Å². The van der Waals surface area contributed by atoms with Crippen molar-refractivity contribution in [1.82, 2.24) is 4.90 Å². The number of hydrogen-bond donors (Lipinski definition) is 1. The second-order valence-electron chi connectivity index (χ2n) is 5.00. The van der Waals surface area contributed by atoms with E-state index in [1.165, 1.54) is 4.90 Å². The molecule has 1 aliphatic rings. The molecule has 0 bridgehead atoms. The number of fused-ring (bicyclic) bond motifs is 1. The summed E-state index contributed by atoms with van der Waals surface area (Å²) in [5.74, 6) is -1.08. The molecular weight excluding hydrogens is 258 g/mol. The van der Waals surface area contributed by atoms with Crippen molar-refractivity contribution < 1.29 is 19.1 Å². The van der Waals surface area contributed by atoms with Gasteiger partial charge < -0.3 is 14.4 Å². The zero-order chi connectivity index (χ0) is 14.1. The minimum absolute atomic E-state index is 0.208. The minimum Gasteiger partial charge on any atom is -0.480 e. The maximum Gasteiger partial charge on any atom is 0.326 e. The van der Waals surface area contributed by atoms with E-state index in [0.717, 1.165) is 18.2 Å². The lowest BCUT2D eigenvalue weighted by molar-refractivity contribution is -0.143. The standard InChI is InChI=1S/C15H15NO4/c17-14(16-8-4-3-6-11(16)15(18)19)13-9-10-5-1-2-7-12(10)20-13/h1-2,5,7,9,11H,3-4,6,8H2,(H,18,19)/t11-/m0/s1. The van der Waals surface area contributed by atoms with Gasteiger partial charge in [-0.2, -0.15) is 0 Å². The molecule has 0 spiro atoms. The summed E-state index contributed by atoms with van der Waals surface area (Å²) >= 11 is 0. The molecule has 0 aliphatic carbocycles. The van der Waals surface area contributed by atoms with Gasteiger partial charge in [-0.15, -0.1) is 0 Å². The molecule has 0 radical (unpaired) electrons. The first kappa shape index (κ1) is 12.7. The maximum atomic E-state index is 12.5. The third-order valence-electron chi connectivity index (χ3n) is 3.69. The molecule has 0 unspecified atom stereocenters. The fourth-order valence-corrected chi connectivity index (χ4v) is 2.66. The Morgan fingerprint density at radius 2 is 2.05 bits per heavy atom. The number of rotatable bonds is 2. The summed E-state index contributed by atoms with van der Waals surface area (Å²) in [6.45, 7) is 0.465. The van der Waals surface area contributed by atoms with Crippen LogP contribution in [-0.2, 0) is 4.79 Å². The van der Waals surface area contributed by atoms with Crippen LogP contribution in [-0.4, -0.2) is 34.5 Å². The van der Waals surface area contributed by atoms with Crippen molar-refractivity contribution in [2.75, 3.05) is 6.54 Å². The van der Waals surface area contributed by atoms with Crippen LogP contribution >= 0.6 is 0 Å². The Balaban J connectivity index is 1.92. The Bertz CT molecular complexity index is 628. The molecule has 1 saturated heterocycles. The molecule has 20 heavy (non-hydrogen) atoms. The number of likely N-dealkylation sites (tertiary alicyclic amines) is 1. The van der Waals surface area contributed by atoms with Crippen LogP contribution in [0.2, 0.25) is 0 Å². The molecule has 3 rings (SSSR count). The van der Waals surface area contributed by atoms with E-state index in [9.17, 15) is 14.7 Å². The average Bonchev–Trinajstić information content (AvgIpc) is 2.90. The number of nitrogens with zero attached hydrogens (tertiary/aromatic N) is 1. The van der Waals surface area contributed by atoms with Crippen molar-refractivity contribution in [3.8, 4) is 0 Å². The van der Waals surface area contributed by atoms with Crippen LogP contribution in [0.15, 0.2) is 34.7 Å². The summed E-state index contributed by atoms with van der Waals surface area (Å²) in [4.78, 5) is 25.1.